The summed E-state index contributed by atoms with van der Waals surface area (Å²) in [6.07, 6.45) is 2.45. The number of hydrogen-bond donors (Lipinski definition) is 1. The lowest BCUT2D eigenvalue weighted by Gasteiger charge is -2.35. The van der Waals surface area contributed by atoms with Crippen molar-refractivity contribution in [3.05, 3.63) is 28.7 Å². The van der Waals surface area contributed by atoms with Gasteiger partial charge in [-0.25, -0.2) is 8.42 Å². The van der Waals surface area contributed by atoms with Gasteiger partial charge in [0.2, 0.25) is 15.9 Å². The summed E-state index contributed by atoms with van der Waals surface area (Å²) < 4.78 is 26.9. The Kier molecular flexibility index (Phi) is 7.63. The van der Waals surface area contributed by atoms with Gasteiger partial charge in [-0.2, -0.15) is 4.31 Å². The second-order valence-electron chi connectivity index (χ2n) is 7.11. The molecule has 146 valence electrons. The van der Waals surface area contributed by atoms with Gasteiger partial charge in [0.1, 0.15) is 0 Å². The smallest absolute Gasteiger partial charge is 0.243 e. The van der Waals surface area contributed by atoms with Gasteiger partial charge >= 0.3 is 0 Å². The fourth-order valence-electron chi connectivity index (χ4n) is 3.15. The quantitative estimate of drug-likeness (QED) is 0.698. The van der Waals surface area contributed by atoms with Crippen LogP contribution in [0.5, 0.6) is 0 Å². The molecule has 1 aliphatic rings. The summed E-state index contributed by atoms with van der Waals surface area (Å²) in [5, 5.41) is 2.86. The van der Waals surface area contributed by atoms with Crippen molar-refractivity contribution in [2.24, 2.45) is 5.92 Å². The van der Waals surface area contributed by atoms with Gasteiger partial charge in [0.25, 0.3) is 0 Å². The highest BCUT2D eigenvalue weighted by Crippen LogP contribution is 2.18. The average molecular weight is 446 g/mol. The first-order valence-corrected chi connectivity index (χ1v) is 11.2. The van der Waals surface area contributed by atoms with Crippen LogP contribution < -0.4 is 5.32 Å². The Bertz CT molecular complexity index is 709. The maximum Gasteiger partial charge on any atom is 0.243 e. The fourth-order valence-corrected chi connectivity index (χ4v) is 4.54. The molecule has 0 aromatic heterocycles. The average Bonchev–Trinajstić information content (AvgIpc) is 2.60. The molecule has 2 atom stereocenters. The molecule has 0 aliphatic carbocycles. The van der Waals surface area contributed by atoms with E-state index in [1.54, 1.807) is 12.1 Å². The van der Waals surface area contributed by atoms with Gasteiger partial charge in [0, 0.05) is 30.7 Å². The molecule has 1 aliphatic heterocycles. The third-order valence-electron chi connectivity index (χ3n) is 4.79. The number of nitrogens with zero attached hydrogens (tertiary/aromatic N) is 2. The van der Waals surface area contributed by atoms with Crippen LogP contribution >= 0.6 is 15.9 Å². The van der Waals surface area contributed by atoms with Crippen molar-refractivity contribution in [1.82, 2.24) is 14.5 Å². The van der Waals surface area contributed by atoms with Crippen LogP contribution in [0.25, 0.3) is 0 Å². The summed E-state index contributed by atoms with van der Waals surface area (Å²) in [5.41, 5.74) is 0. The molecule has 1 saturated heterocycles. The molecule has 0 saturated carbocycles. The molecule has 2 rings (SSSR count). The van der Waals surface area contributed by atoms with Gasteiger partial charge in [0.15, 0.2) is 0 Å². The third-order valence-corrected chi connectivity index (χ3v) is 7.14. The van der Waals surface area contributed by atoms with E-state index in [4.69, 9.17) is 0 Å². The van der Waals surface area contributed by atoms with E-state index in [9.17, 15) is 13.2 Å². The zero-order valence-electron chi connectivity index (χ0n) is 15.6. The minimum absolute atomic E-state index is 0.173. The van der Waals surface area contributed by atoms with E-state index in [0.29, 0.717) is 12.5 Å². The van der Waals surface area contributed by atoms with Gasteiger partial charge in [-0.05, 0) is 56.5 Å². The molecule has 0 radical (unpaired) electrons. The van der Waals surface area contributed by atoms with E-state index in [1.807, 2.05) is 0 Å². The molecule has 0 spiro atoms. The Hall–Kier alpha value is -0.960. The summed E-state index contributed by atoms with van der Waals surface area (Å²) in [5.74, 6) is 0.397. The Morgan fingerprint density at radius 2 is 2.04 bits per heavy atom. The highest BCUT2D eigenvalue weighted by Gasteiger charge is 2.24. The van der Waals surface area contributed by atoms with Crippen LogP contribution in [0.2, 0.25) is 0 Å². The van der Waals surface area contributed by atoms with E-state index in [-0.39, 0.29) is 23.4 Å². The number of piperidine rings is 1. The Morgan fingerprint density at radius 1 is 1.38 bits per heavy atom. The van der Waals surface area contributed by atoms with Crippen LogP contribution in [0.1, 0.15) is 26.7 Å². The number of hydrogen-bond acceptors (Lipinski definition) is 4. The van der Waals surface area contributed by atoms with Crippen molar-refractivity contribution < 1.29 is 13.2 Å². The Morgan fingerprint density at radius 3 is 2.65 bits per heavy atom. The highest BCUT2D eigenvalue weighted by molar-refractivity contribution is 9.10. The number of likely N-dealkylation sites (tertiary alicyclic amines) is 1. The molecule has 8 heteroatoms. The molecule has 0 bridgehead atoms. The summed E-state index contributed by atoms with van der Waals surface area (Å²) in [6.45, 7) is 6.79. The van der Waals surface area contributed by atoms with Crippen LogP contribution in [-0.4, -0.2) is 62.8 Å². The Balaban J connectivity index is 1.85. The minimum Gasteiger partial charge on any atom is -0.353 e. The first kappa shape index (κ1) is 21.3. The molecule has 1 fully saturated rings. The number of sulfonamides is 1. The number of carbonyl (C=O) groups is 1. The second kappa shape index (κ2) is 9.30. The van der Waals surface area contributed by atoms with E-state index >= 15 is 0 Å². The first-order valence-electron chi connectivity index (χ1n) is 8.93. The van der Waals surface area contributed by atoms with E-state index in [1.165, 1.54) is 32.0 Å². The van der Waals surface area contributed by atoms with Gasteiger partial charge < -0.3 is 5.32 Å². The van der Waals surface area contributed by atoms with Crippen LogP contribution in [0, 0.1) is 5.92 Å². The van der Waals surface area contributed by atoms with E-state index < -0.39 is 10.0 Å². The number of benzene rings is 1. The topological polar surface area (TPSA) is 69.7 Å². The van der Waals surface area contributed by atoms with Gasteiger partial charge in [-0.3, -0.25) is 9.69 Å². The lowest BCUT2D eigenvalue weighted by molar-refractivity contribution is -0.121. The fraction of sp³-hybridized carbons (Fsp3) is 0.611. The normalized spacial score (nSPS) is 20.1. The van der Waals surface area contributed by atoms with E-state index in [2.05, 4.69) is 40.0 Å². The molecule has 2 unspecified atom stereocenters. The monoisotopic (exact) mass is 445 g/mol. The minimum atomic E-state index is -3.68. The zero-order valence-corrected chi connectivity index (χ0v) is 18.0. The third kappa shape index (κ3) is 5.77. The summed E-state index contributed by atoms with van der Waals surface area (Å²) in [6, 6.07) is 6.63. The van der Waals surface area contributed by atoms with Crippen molar-refractivity contribution in [3.63, 3.8) is 0 Å². The standard InChI is InChI=1S/C18H28BrN3O3S/c1-14-5-4-10-22(12-14)15(2)11-20-18(23)13-21(3)26(24,25)17-8-6-16(19)7-9-17/h6-9,14-15H,4-5,10-13H2,1-3H3,(H,20,23). The summed E-state index contributed by atoms with van der Waals surface area (Å²) in [7, 11) is -2.25. The molecule has 1 N–H and O–H groups in total. The molecule has 6 nitrogen and oxygen atoms in total. The van der Waals surface area contributed by atoms with Crippen LogP contribution in [0.4, 0.5) is 0 Å². The summed E-state index contributed by atoms with van der Waals surface area (Å²) in [4.78, 5) is 14.8. The van der Waals surface area contributed by atoms with Crippen molar-refractivity contribution >= 4 is 31.9 Å². The highest BCUT2D eigenvalue weighted by atomic mass is 79.9. The van der Waals surface area contributed by atoms with Crippen molar-refractivity contribution in [2.75, 3.05) is 33.2 Å². The van der Waals surface area contributed by atoms with Crippen LogP contribution in [0.15, 0.2) is 33.6 Å². The molecule has 1 heterocycles. The molecule has 26 heavy (non-hydrogen) atoms. The van der Waals surface area contributed by atoms with Gasteiger partial charge in [-0.1, -0.05) is 22.9 Å². The van der Waals surface area contributed by atoms with Crippen molar-refractivity contribution in [2.45, 2.75) is 37.6 Å². The molecular weight excluding hydrogens is 418 g/mol. The zero-order chi connectivity index (χ0) is 19.3. The van der Waals surface area contributed by atoms with Crippen molar-refractivity contribution in [1.29, 1.82) is 0 Å². The SMILES string of the molecule is CC1CCCN(C(C)CNC(=O)CN(C)S(=O)(=O)c2ccc(Br)cc2)C1. The number of likely N-dealkylation sites (N-methyl/N-ethyl adjacent to an activating group) is 1. The largest absolute Gasteiger partial charge is 0.353 e. The number of rotatable bonds is 7. The van der Waals surface area contributed by atoms with Gasteiger partial charge in [0.05, 0.1) is 11.4 Å². The molecule has 1 aromatic rings. The predicted octanol–water partition coefficient (Wildman–Crippen LogP) is 2.31. The maximum absolute atomic E-state index is 12.5. The predicted molar refractivity (Wildman–Crippen MR) is 106 cm³/mol. The second-order valence-corrected chi connectivity index (χ2v) is 10.1. The number of halogens is 1. The Labute approximate surface area is 165 Å². The van der Waals surface area contributed by atoms with Crippen LogP contribution in [-0.2, 0) is 14.8 Å². The molecule has 1 amide bonds. The molecule has 1 aromatic carbocycles. The van der Waals surface area contributed by atoms with Gasteiger partial charge in [-0.15, -0.1) is 0 Å². The maximum atomic E-state index is 12.5. The summed E-state index contributed by atoms with van der Waals surface area (Å²) >= 11 is 3.28. The number of amides is 1. The number of carbonyl (C=O) groups excluding carboxylic acids is 1. The number of nitrogens with one attached hydrogen (secondary N) is 1. The van der Waals surface area contributed by atoms with Crippen molar-refractivity contribution in [3.8, 4) is 0 Å². The lowest BCUT2D eigenvalue weighted by atomic mass is 9.99. The lowest BCUT2D eigenvalue weighted by Crippen LogP contribution is -2.48. The van der Waals surface area contributed by atoms with E-state index in [0.717, 1.165) is 21.9 Å². The van der Waals surface area contributed by atoms with Crippen LogP contribution in [0.3, 0.4) is 0 Å². The molecular formula is C18H28BrN3O3S. The first-order chi connectivity index (χ1) is 12.2.